The van der Waals surface area contributed by atoms with E-state index in [4.69, 9.17) is 69.6 Å². The minimum Gasteiger partial charge on any atom is -0.481 e. The minimum atomic E-state index is -2.12. The first-order chi connectivity index (χ1) is 12.3. The topological polar surface area (TPSA) is 66.4 Å². The van der Waals surface area contributed by atoms with Crippen molar-refractivity contribution >= 4 is 87.2 Å². The molecule has 2 bridgehead atoms. The van der Waals surface area contributed by atoms with Gasteiger partial charge in [-0.1, -0.05) is 64.1 Å². The van der Waals surface area contributed by atoms with Gasteiger partial charge in [0.25, 0.3) is 0 Å². The molecule has 146 valence electrons. The van der Waals surface area contributed by atoms with Crippen molar-refractivity contribution in [2.24, 2.45) is 11.8 Å². The number of carboxylic acids is 1. The molecule has 4 nitrogen and oxygen atoms in total. The van der Waals surface area contributed by atoms with Crippen LogP contribution < -0.4 is 5.32 Å². The second-order valence-electron chi connectivity index (χ2n) is 6.73. The number of hydrogen-bond acceptors (Lipinski definition) is 2. The van der Waals surface area contributed by atoms with Crippen LogP contribution in [0.2, 0.25) is 0 Å². The number of nitrogens with one attached hydrogen (secondary N) is 1. The minimum absolute atomic E-state index is 0.232. The van der Waals surface area contributed by atoms with Gasteiger partial charge in [0.15, 0.2) is 4.33 Å². The van der Waals surface area contributed by atoms with Gasteiger partial charge in [-0.3, -0.25) is 9.59 Å². The van der Waals surface area contributed by atoms with Crippen LogP contribution in [-0.4, -0.2) is 31.1 Å². The first-order valence-electron chi connectivity index (χ1n) is 7.74. The summed E-state index contributed by atoms with van der Waals surface area (Å²) in [5, 5.41) is 11.9. The Balaban J connectivity index is 2.11. The lowest BCUT2D eigenvalue weighted by atomic mass is 9.81. The third-order valence-electron chi connectivity index (χ3n) is 5.12. The highest BCUT2D eigenvalue weighted by atomic mass is 35.5. The summed E-state index contributed by atoms with van der Waals surface area (Å²) in [6.45, 7) is 3.71. The molecule has 2 aliphatic rings. The van der Waals surface area contributed by atoms with Crippen LogP contribution in [0.3, 0.4) is 0 Å². The Morgan fingerprint density at radius 2 is 1.52 bits per heavy atom. The second-order valence-corrected chi connectivity index (χ2v) is 10.0. The number of fused-ring (bicyclic) bond motifs is 2. The molecule has 1 fully saturated rings. The van der Waals surface area contributed by atoms with Gasteiger partial charge in [0.05, 0.1) is 21.9 Å². The van der Waals surface area contributed by atoms with Gasteiger partial charge in [-0.25, -0.2) is 0 Å². The van der Waals surface area contributed by atoms with E-state index in [0.717, 1.165) is 11.1 Å². The van der Waals surface area contributed by atoms with Gasteiger partial charge in [-0.2, -0.15) is 0 Å². The number of aliphatic carboxylic acids is 1. The van der Waals surface area contributed by atoms with E-state index >= 15 is 0 Å². The number of carbonyl (C=O) groups excluding carboxylic acids is 1. The molecule has 1 saturated carbocycles. The summed E-state index contributed by atoms with van der Waals surface area (Å²) < 4.78 is -2.12. The molecule has 1 aromatic rings. The fourth-order valence-corrected chi connectivity index (χ4v) is 6.73. The predicted octanol–water partition coefficient (Wildman–Crippen LogP) is 5.40. The molecule has 1 aromatic carbocycles. The molecular formula is C17H13Cl6NO3. The number of halogens is 6. The smallest absolute Gasteiger partial charge is 0.309 e. The molecule has 0 saturated heterocycles. The van der Waals surface area contributed by atoms with E-state index in [-0.39, 0.29) is 10.1 Å². The number of benzene rings is 1. The lowest BCUT2D eigenvalue weighted by molar-refractivity contribution is -0.146. The van der Waals surface area contributed by atoms with Crippen LogP contribution in [0.15, 0.2) is 28.3 Å². The van der Waals surface area contributed by atoms with Crippen LogP contribution in [0, 0.1) is 25.7 Å². The summed E-state index contributed by atoms with van der Waals surface area (Å²) in [6.07, 6.45) is 0. The van der Waals surface area contributed by atoms with Crippen molar-refractivity contribution in [3.63, 3.8) is 0 Å². The highest BCUT2D eigenvalue weighted by Gasteiger charge is 2.85. The molecule has 1 amide bonds. The van der Waals surface area contributed by atoms with Crippen molar-refractivity contribution in [3.05, 3.63) is 39.4 Å². The molecule has 27 heavy (non-hydrogen) atoms. The Morgan fingerprint density at radius 1 is 1.00 bits per heavy atom. The lowest BCUT2D eigenvalue weighted by Gasteiger charge is -2.33. The number of rotatable bonds is 3. The number of carboxylic acid groups (broad SMARTS) is 1. The van der Waals surface area contributed by atoms with Gasteiger partial charge >= 0.3 is 5.97 Å². The summed E-state index contributed by atoms with van der Waals surface area (Å²) in [4.78, 5) is 21.0. The Labute approximate surface area is 185 Å². The maximum atomic E-state index is 13.1. The SMILES string of the molecule is Cc1ccc(NC(=O)[C@@H]2[C@H](C(=O)O)[C@]3(Cl)C(Cl)=C(Cl)[C@]2(Cl)C3(Cl)Cl)c(C)c1. The van der Waals surface area contributed by atoms with Crippen molar-refractivity contribution < 1.29 is 14.7 Å². The number of amides is 1. The molecule has 2 aliphatic carbocycles. The molecule has 0 aliphatic heterocycles. The van der Waals surface area contributed by atoms with Crippen molar-refractivity contribution in [1.29, 1.82) is 0 Å². The Morgan fingerprint density at radius 3 is 2.00 bits per heavy atom. The quantitative estimate of drug-likeness (QED) is 0.556. The number of aryl methyl sites for hydroxylation is 2. The normalized spacial score (nSPS) is 34.1. The maximum absolute atomic E-state index is 13.1. The van der Waals surface area contributed by atoms with Crippen LogP contribution in [0.1, 0.15) is 11.1 Å². The highest BCUT2D eigenvalue weighted by molar-refractivity contribution is 6.66. The largest absolute Gasteiger partial charge is 0.481 e. The zero-order chi connectivity index (χ0) is 20.5. The number of alkyl halides is 4. The van der Waals surface area contributed by atoms with Crippen LogP contribution in [0.4, 0.5) is 5.69 Å². The van der Waals surface area contributed by atoms with Gasteiger partial charge in [-0.15, -0.1) is 23.2 Å². The van der Waals surface area contributed by atoms with E-state index in [1.54, 1.807) is 19.1 Å². The standard InChI is InChI=1S/C17H13Cl6NO3/c1-6-3-4-8(7(2)5-6)24-13(25)9-10(14(26)27)16(21)12(19)11(18)15(9,20)17(16,22)23/h3-5,9-10H,1-2H3,(H,24,25)(H,26,27)/t9-,10+,15-,16-/m0/s1. The Kier molecular flexibility index (Phi) is 5.20. The zero-order valence-corrected chi connectivity index (χ0v) is 18.5. The van der Waals surface area contributed by atoms with E-state index in [1.165, 1.54) is 0 Å². The second kappa shape index (κ2) is 6.58. The molecule has 10 heteroatoms. The summed E-state index contributed by atoms with van der Waals surface area (Å²) in [5.41, 5.74) is 2.27. The van der Waals surface area contributed by atoms with E-state index in [0.29, 0.717) is 5.69 Å². The molecule has 4 atom stereocenters. The highest BCUT2D eigenvalue weighted by Crippen LogP contribution is 2.76. The Hall–Kier alpha value is -0.360. The lowest BCUT2D eigenvalue weighted by Crippen LogP contribution is -2.47. The van der Waals surface area contributed by atoms with Crippen LogP contribution >= 0.6 is 69.6 Å². The molecule has 0 heterocycles. The number of allylic oxidation sites excluding steroid dienone is 2. The van der Waals surface area contributed by atoms with E-state index in [1.807, 2.05) is 13.0 Å². The molecular weight excluding hydrogens is 479 g/mol. The number of anilines is 1. The molecule has 3 rings (SSSR count). The Bertz CT molecular complexity index is 901. The number of carbonyl (C=O) groups is 2. The van der Waals surface area contributed by atoms with E-state index in [9.17, 15) is 14.7 Å². The monoisotopic (exact) mass is 489 g/mol. The average molecular weight is 492 g/mol. The summed E-state index contributed by atoms with van der Waals surface area (Å²) in [6, 6.07) is 5.36. The molecule has 2 N–H and O–H groups in total. The van der Waals surface area contributed by atoms with Crippen molar-refractivity contribution in [2.45, 2.75) is 27.9 Å². The van der Waals surface area contributed by atoms with Gasteiger partial charge in [0.1, 0.15) is 9.75 Å². The van der Waals surface area contributed by atoms with E-state index < -0.39 is 37.8 Å². The van der Waals surface area contributed by atoms with Crippen LogP contribution in [0.25, 0.3) is 0 Å². The average Bonchev–Trinajstić information content (AvgIpc) is 2.77. The molecule has 0 unspecified atom stereocenters. The first kappa shape index (κ1) is 21.4. The van der Waals surface area contributed by atoms with Gasteiger partial charge < -0.3 is 10.4 Å². The third-order valence-corrected chi connectivity index (χ3v) is 9.38. The molecule has 0 radical (unpaired) electrons. The van der Waals surface area contributed by atoms with Crippen LogP contribution in [-0.2, 0) is 9.59 Å². The fraction of sp³-hybridized carbons (Fsp3) is 0.412. The first-order valence-corrected chi connectivity index (χ1v) is 10.0. The summed E-state index contributed by atoms with van der Waals surface area (Å²) in [5.74, 6) is -5.19. The number of hydrogen-bond donors (Lipinski definition) is 2. The third kappa shape index (κ3) is 2.57. The molecule has 0 aromatic heterocycles. The fourth-order valence-electron chi connectivity index (χ4n) is 3.79. The maximum Gasteiger partial charge on any atom is 0.309 e. The molecule has 0 spiro atoms. The van der Waals surface area contributed by atoms with Crippen molar-refractivity contribution in [1.82, 2.24) is 0 Å². The van der Waals surface area contributed by atoms with Gasteiger partial charge in [0, 0.05) is 5.69 Å². The predicted molar refractivity (Wildman–Crippen MR) is 109 cm³/mol. The van der Waals surface area contributed by atoms with Gasteiger partial charge in [-0.05, 0) is 25.5 Å². The van der Waals surface area contributed by atoms with Crippen LogP contribution in [0.5, 0.6) is 0 Å². The van der Waals surface area contributed by atoms with E-state index in [2.05, 4.69) is 5.32 Å². The van der Waals surface area contributed by atoms with Crippen molar-refractivity contribution in [2.75, 3.05) is 5.32 Å². The van der Waals surface area contributed by atoms with Crippen molar-refractivity contribution in [3.8, 4) is 0 Å². The van der Waals surface area contributed by atoms with Gasteiger partial charge in [0.2, 0.25) is 5.91 Å². The summed E-state index contributed by atoms with van der Waals surface area (Å²) >= 11 is 38.3. The zero-order valence-electron chi connectivity index (χ0n) is 13.9. The summed E-state index contributed by atoms with van der Waals surface area (Å²) in [7, 11) is 0.